The van der Waals surface area contributed by atoms with Gasteiger partial charge in [0, 0.05) is 17.8 Å². The largest absolute Gasteiger partial charge is 0.481 e. The van der Waals surface area contributed by atoms with Crippen LogP contribution in [0.3, 0.4) is 0 Å². The van der Waals surface area contributed by atoms with Crippen molar-refractivity contribution < 1.29 is 9.53 Å². The van der Waals surface area contributed by atoms with E-state index in [0.29, 0.717) is 11.4 Å². The quantitative estimate of drug-likeness (QED) is 0.735. The van der Waals surface area contributed by atoms with Gasteiger partial charge < -0.3 is 4.74 Å². The zero-order valence-electron chi connectivity index (χ0n) is 8.88. The Labute approximate surface area is 93.7 Å². The summed E-state index contributed by atoms with van der Waals surface area (Å²) >= 11 is 0. The van der Waals surface area contributed by atoms with Gasteiger partial charge in [0.25, 0.3) is 0 Å². The summed E-state index contributed by atoms with van der Waals surface area (Å²) in [6.45, 7) is 0. The molecule has 0 aliphatic carbocycles. The lowest BCUT2D eigenvalue weighted by Gasteiger charge is -2.04. The maximum absolute atomic E-state index is 10.7. The summed E-state index contributed by atoms with van der Waals surface area (Å²) in [7, 11) is 1.58. The standard InChI is InChI=1S/C13H11NO2/c1-16-13-8-12(5-6-14-13)11-4-2-3-10(7-11)9-15/h2-9H,1H3. The number of carbonyl (C=O) groups is 1. The summed E-state index contributed by atoms with van der Waals surface area (Å²) < 4.78 is 5.05. The van der Waals surface area contributed by atoms with Crippen molar-refractivity contribution in [2.24, 2.45) is 0 Å². The van der Waals surface area contributed by atoms with E-state index in [9.17, 15) is 4.79 Å². The molecule has 0 aliphatic rings. The Balaban J connectivity index is 2.45. The number of methoxy groups -OCH3 is 1. The van der Waals surface area contributed by atoms with Crippen molar-refractivity contribution in [3.05, 3.63) is 48.2 Å². The van der Waals surface area contributed by atoms with Crippen molar-refractivity contribution in [2.45, 2.75) is 0 Å². The van der Waals surface area contributed by atoms with E-state index in [1.165, 1.54) is 0 Å². The fraction of sp³-hybridized carbons (Fsp3) is 0.0769. The number of ether oxygens (including phenoxy) is 1. The molecule has 0 radical (unpaired) electrons. The number of nitrogens with zero attached hydrogens (tertiary/aromatic N) is 1. The van der Waals surface area contributed by atoms with Gasteiger partial charge in [-0.25, -0.2) is 4.98 Å². The number of rotatable bonds is 3. The third kappa shape index (κ3) is 2.08. The summed E-state index contributed by atoms with van der Waals surface area (Å²) in [4.78, 5) is 14.7. The van der Waals surface area contributed by atoms with Crippen molar-refractivity contribution in [3.8, 4) is 17.0 Å². The summed E-state index contributed by atoms with van der Waals surface area (Å²) in [5.41, 5.74) is 2.62. The Morgan fingerprint density at radius 2 is 2.00 bits per heavy atom. The highest BCUT2D eigenvalue weighted by atomic mass is 16.5. The molecular weight excluding hydrogens is 202 g/mol. The van der Waals surface area contributed by atoms with Gasteiger partial charge in [0.2, 0.25) is 5.88 Å². The Bertz CT molecular complexity index is 509. The second-order valence-electron chi connectivity index (χ2n) is 3.33. The molecule has 0 saturated heterocycles. The van der Waals surface area contributed by atoms with E-state index in [-0.39, 0.29) is 0 Å². The average Bonchev–Trinajstić information content (AvgIpc) is 2.39. The zero-order chi connectivity index (χ0) is 11.4. The summed E-state index contributed by atoms with van der Waals surface area (Å²) in [5, 5.41) is 0. The molecule has 80 valence electrons. The number of carbonyl (C=O) groups excluding carboxylic acids is 1. The molecule has 0 unspecified atom stereocenters. The van der Waals surface area contributed by atoms with E-state index in [0.717, 1.165) is 17.4 Å². The number of aldehydes is 1. The minimum Gasteiger partial charge on any atom is -0.481 e. The van der Waals surface area contributed by atoms with Gasteiger partial charge in [-0.15, -0.1) is 0 Å². The topological polar surface area (TPSA) is 39.2 Å². The maximum Gasteiger partial charge on any atom is 0.213 e. The molecule has 0 N–H and O–H groups in total. The molecule has 1 heterocycles. The lowest BCUT2D eigenvalue weighted by atomic mass is 10.0. The van der Waals surface area contributed by atoms with Crippen molar-refractivity contribution in [3.63, 3.8) is 0 Å². The van der Waals surface area contributed by atoms with Gasteiger partial charge in [0.15, 0.2) is 0 Å². The first kappa shape index (κ1) is 10.4. The lowest BCUT2D eigenvalue weighted by molar-refractivity contribution is 0.112. The minimum absolute atomic E-state index is 0.564. The van der Waals surface area contributed by atoms with E-state index < -0.39 is 0 Å². The van der Waals surface area contributed by atoms with E-state index in [1.54, 1.807) is 19.4 Å². The maximum atomic E-state index is 10.7. The molecule has 0 bridgehead atoms. The highest BCUT2D eigenvalue weighted by Gasteiger charge is 2.01. The molecule has 2 aromatic rings. The average molecular weight is 213 g/mol. The molecule has 0 fully saturated rings. The molecule has 0 aliphatic heterocycles. The van der Waals surface area contributed by atoms with E-state index in [1.807, 2.05) is 30.3 Å². The van der Waals surface area contributed by atoms with Crippen LogP contribution in [0.2, 0.25) is 0 Å². The van der Waals surface area contributed by atoms with Crippen LogP contribution in [0, 0.1) is 0 Å². The van der Waals surface area contributed by atoms with Crippen molar-refractivity contribution in [1.29, 1.82) is 0 Å². The minimum atomic E-state index is 0.564. The van der Waals surface area contributed by atoms with Gasteiger partial charge >= 0.3 is 0 Å². The van der Waals surface area contributed by atoms with Crippen molar-refractivity contribution in [1.82, 2.24) is 4.98 Å². The van der Waals surface area contributed by atoms with Crippen LogP contribution in [0.1, 0.15) is 10.4 Å². The fourth-order valence-corrected chi connectivity index (χ4v) is 1.49. The van der Waals surface area contributed by atoms with E-state index in [2.05, 4.69) is 4.98 Å². The molecule has 0 spiro atoms. The van der Waals surface area contributed by atoms with Crippen molar-refractivity contribution in [2.75, 3.05) is 7.11 Å². The molecule has 0 saturated carbocycles. The smallest absolute Gasteiger partial charge is 0.213 e. The van der Waals surface area contributed by atoms with Crippen LogP contribution in [0.25, 0.3) is 11.1 Å². The molecule has 3 nitrogen and oxygen atoms in total. The Morgan fingerprint density at radius 1 is 1.19 bits per heavy atom. The summed E-state index contributed by atoms with van der Waals surface area (Å²) in [5.74, 6) is 0.564. The second-order valence-corrected chi connectivity index (χ2v) is 3.33. The Morgan fingerprint density at radius 3 is 2.75 bits per heavy atom. The van der Waals surface area contributed by atoms with Gasteiger partial charge in [-0.05, 0) is 23.3 Å². The van der Waals surface area contributed by atoms with Gasteiger partial charge in [-0.2, -0.15) is 0 Å². The molecule has 0 atom stereocenters. The third-order valence-corrected chi connectivity index (χ3v) is 2.30. The van der Waals surface area contributed by atoms with E-state index >= 15 is 0 Å². The van der Waals surface area contributed by atoms with Crippen LogP contribution in [-0.2, 0) is 0 Å². The van der Waals surface area contributed by atoms with Crippen LogP contribution < -0.4 is 4.74 Å². The molecule has 0 amide bonds. The summed E-state index contributed by atoms with van der Waals surface area (Å²) in [6.07, 6.45) is 2.52. The number of hydrogen-bond acceptors (Lipinski definition) is 3. The first-order valence-electron chi connectivity index (χ1n) is 4.89. The number of pyridine rings is 1. The van der Waals surface area contributed by atoms with Gasteiger partial charge in [0.05, 0.1) is 7.11 Å². The molecule has 16 heavy (non-hydrogen) atoms. The van der Waals surface area contributed by atoms with Crippen molar-refractivity contribution >= 4 is 6.29 Å². The predicted molar refractivity (Wildman–Crippen MR) is 61.6 cm³/mol. The SMILES string of the molecule is COc1cc(-c2cccc(C=O)c2)ccn1. The first-order chi connectivity index (χ1) is 7.83. The van der Waals surface area contributed by atoms with Crippen LogP contribution in [0.4, 0.5) is 0 Å². The Hall–Kier alpha value is -2.16. The number of benzene rings is 1. The van der Waals surface area contributed by atoms with Gasteiger partial charge in [-0.3, -0.25) is 4.79 Å². The second kappa shape index (κ2) is 4.57. The molecular formula is C13H11NO2. The predicted octanol–water partition coefficient (Wildman–Crippen LogP) is 2.57. The monoisotopic (exact) mass is 213 g/mol. The Kier molecular flexibility index (Phi) is 2.96. The number of aromatic nitrogens is 1. The molecule has 2 rings (SSSR count). The highest BCUT2D eigenvalue weighted by Crippen LogP contribution is 2.22. The number of hydrogen-bond donors (Lipinski definition) is 0. The van der Waals surface area contributed by atoms with E-state index in [4.69, 9.17) is 4.74 Å². The molecule has 3 heteroatoms. The highest BCUT2D eigenvalue weighted by molar-refractivity contribution is 5.78. The normalized spacial score (nSPS) is 9.81. The van der Waals surface area contributed by atoms with Gasteiger partial charge in [0.1, 0.15) is 6.29 Å². The van der Waals surface area contributed by atoms with Gasteiger partial charge in [-0.1, -0.05) is 18.2 Å². The fourth-order valence-electron chi connectivity index (χ4n) is 1.49. The first-order valence-corrected chi connectivity index (χ1v) is 4.89. The van der Waals surface area contributed by atoms with Crippen LogP contribution in [0.15, 0.2) is 42.6 Å². The van der Waals surface area contributed by atoms with Crippen LogP contribution in [0.5, 0.6) is 5.88 Å². The van der Waals surface area contributed by atoms with Crippen LogP contribution >= 0.6 is 0 Å². The lowest BCUT2D eigenvalue weighted by Crippen LogP contribution is -1.88. The van der Waals surface area contributed by atoms with Crippen LogP contribution in [-0.4, -0.2) is 18.4 Å². The molecule has 1 aromatic carbocycles. The third-order valence-electron chi connectivity index (χ3n) is 2.30. The summed E-state index contributed by atoms with van der Waals surface area (Å²) in [6, 6.07) is 11.1. The zero-order valence-corrected chi connectivity index (χ0v) is 8.88. The molecule has 1 aromatic heterocycles.